The summed E-state index contributed by atoms with van der Waals surface area (Å²) in [5.74, 6) is -0.592. The van der Waals surface area contributed by atoms with Crippen molar-refractivity contribution in [2.75, 3.05) is 17.2 Å². The summed E-state index contributed by atoms with van der Waals surface area (Å²) in [6.07, 6.45) is 0. The molecule has 84 valence electrons. The lowest BCUT2D eigenvalue weighted by Gasteiger charge is -2.34. The van der Waals surface area contributed by atoms with Crippen LogP contribution in [0.25, 0.3) is 0 Å². The average molecular weight is 219 g/mol. The Balaban J connectivity index is 2.36. The number of benzene rings is 1. The normalized spacial score (nSPS) is 20.8. The van der Waals surface area contributed by atoms with Crippen LogP contribution in [0, 0.1) is 0 Å². The molecule has 2 amide bonds. The zero-order valence-corrected chi connectivity index (χ0v) is 8.93. The van der Waals surface area contributed by atoms with E-state index in [4.69, 9.17) is 5.73 Å². The maximum absolute atomic E-state index is 11.5. The second kappa shape index (κ2) is 3.84. The fourth-order valence-electron chi connectivity index (χ4n) is 1.76. The molecular formula is C11H13N3O2. The number of nitrogens with two attached hydrogens (primary N) is 1. The van der Waals surface area contributed by atoms with Gasteiger partial charge in [0, 0.05) is 0 Å². The third-order valence-corrected chi connectivity index (χ3v) is 2.67. The summed E-state index contributed by atoms with van der Waals surface area (Å²) in [4.78, 5) is 24.5. The highest BCUT2D eigenvalue weighted by Gasteiger charge is 2.30. The lowest BCUT2D eigenvalue weighted by Crippen LogP contribution is -2.57. The first kappa shape index (κ1) is 10.5. The Labute approximate surface area is 93.2 Å². The van der Waals surface area contributed by atoms with Crippen molar-refractivity contribution in [3.8, 4) is 0 Å². The minimum Gasteiger partial charge on any atom is -0.397 e. The number of imide groups is 1. The van der Waals surface area contributed by atoms with E-state index in [-0.39, 0.29) is 24.4 Å². The van der Waals surface area contributed by atoms with Gasteiger partial charge in [-0.1, -0.05) is 12.1 Å². The molecular weight excluding hydrogens is 206 g/mol. The number of nitrogens with one attached hydrogen (secondary N) is 1. The van der Waals surface area contributed by atoms with E-state index in [0.717, 1.165) is 5.69 Å². The minimum absolute atomic E-state index is 0.154. The van der Waals surface area contributed by atoms with Gasteiger partial charge in [0.15, 0.2) is 0 Å². The van der Waals surface area contributed by atoms with Crippen molar-refractivity contribution in [3.63, 3.8) is 0 Å². The molecule has 1 atom stereocenters. The predicted octanol–water partition coefficient (Wildman–Crippen LogP) is 0.120. The maximum atomic E-state index is 11.5. The van der Waals surface area contributed by atoms with Gasteiger partial charge in [-0.3, -0.25) is 14.9 Å². The van der Waals surface area contributed by atoms with Crippen LogP contribution in [-0.4, -0.2) is 24.4 Å². The smallest absolute Gasteiger partial charge is 0.249 e. The Hall–Kier alpha value is -2.04. The highest BCUT2D eigenvalue weighted by atomic mass is 16.2. The molecule has 5 nitrogen and oxygen atoms in total. The van der Waals surface area contributed by atoms with Crippen LogP contribution in [0.2, 0.25) is 0 Å². The number of nitrogen functional groups attached to an aromatic ring is 1. The quantitative estimate of drug-likeness (QED) is 0.519. The molecule has 1 fully saturated rings. The molecule has 0 aliphatic carbocycles. The number of anilines is 2. The minimum atomic E-state index is -0.387. The third kappa shape index (κ3) is 1.71. The van der Waals surface area contributed by atoms with Gasteiger partial charge in [0.1, 0.15) is 6.04 Å². The summed E-state index contributed by atoms with van der Waals surface area (Å²) < 4.78 is 0. The summed E-state index contributed by atoms with van der Waals surface area (Å²) in [5, 5.41) is 2.29. The number of carbonyl (C=O) groups excluding carboxylic acids is 2. The van der Waals surface area contributed by atoms with Crippen LogP contribution in [0.4, 0.5) is 11.4 Å². The van der Waals surface area contributed by atoms with Crippen molar-refractivity contribution in [3.05, 3.63) is 24.3 Å². The number of para-hydroxylation sites is 2. The van der Waals surface area contributed by atoms with E-state index < -0.39 is 0 Å². The van der Waals surface area contributed by atoms with Crippen molar-refractivity contribution in [2.45, 2.75) is 13.0 Å². The topological polar surface area (TPSA) is 75.4 Å². The fraction of sp³-hybridized carbons (Fsp3) is 0.273. The van der Waals surface area contributed by atoms with Crippen LogP contribution in [0.1, 0.15) is 6.92 Å². The molecule has 1 aromatic rings. The van der Waals surface area contributed by atoms with Gasteiger partial charge < -0.3 is 10.6 Å². The number of hydrogen-bond donors (Lipinski definition) is 2. The van der Waals surface area contributed by atoms with E-state index in [9.17, 15) is 9.59 Å². The number of piperazine rings is 1. The molecule has 0 saturated carbocycles. The lowest BCUT2D eigenvalue weighted by molar-refractivity contribution is -0.132. The highest BCUT2D eigenvalue weighted by molar-refractivity contribution is 6.04. The lowest BCUT2D eigenvalue weighted by atomic mass is 10.1. The van der Waals surface area contributed by atoms with E-state index in [2.05, 4.69) is 5.32 Å². The summed E-state index contributed by atoms with van der Waals surface area (Å²) >= 11 is 0. The van der Waals surface area contributed by atoms with Gasteiger partial charge in [-0.05, 0) is 19.1 Å². The molecule has 0 aromatic heterocycles. The molecule has 1 unspecified atom stereocenters. The molecule has 1 aliphatic heterocycles. The first-order valence-corrected chi connectivity index (χ1v) is 5.04. The zero-order chi connectivity index (χ0) is 11.7. The molecule has 16 heavy (non-hydrogen) atoms. The van der Waals surface area contributed by atoms with Crippen LogP contribution >= 0.6 is 0 Å². The van der Waals surface area contributed by atoms with E-state index in [0.29, 0.717) is 5.69 Å². The number of nitrogens with zero attached hydrogens (tertiary/aromatic N) is 1. The Kier molecular flexibility index (Phi) is 2.52. The van der Waals surface area contributed by atoms with Crippen LogP contribution in [0.5, 0.6) is 0 Å². The molecule has 5 heteroatoms. The second-order valence-electron chi connectivity index (χ2n) is 3.78. The van der Waals surface area contributed by atoms with Gasteiger partial charge in [-0.15, -0.1) is 0 Å². The van der Waals surface area contributed by atoms with Crippen LogP contribution in [-0.2, 0) is 9.59 Å². The Morgan fingerprint density at radius 2 is 2.06 bits per heavy atom. The van der Waals surface area contributed by atoms with Crippen LogP contribution in [0.15, 0.2) is 24.3 Å². The first-order chi connectivity index (χ1) is 7.59. The Morgan fingerprint density at radius 3 is 2.75 bits per heavy atom. The SMILES string of the molecule is CC1C(=O)NC(=O)CN1c1ccccc1N. The number of rotatable bonds is 1. The number of amides is 2. The first-order valence-electron chi connectivity index (χ1n) is 5.04. The van der Waals surface area contributed by atoms with E-state index >= 15 is 0 Å². The Morgan fingerprint density at radius 1 is 1.38 bits per heavy atom. The van der Waals surface area contributed by atoms with Crippen LogP contribution in [0.3, 0.4) is 0 Å². The standard InChI is InChI=1S/C11H13N3O2/c1-7-11(16)13-10(15)6-14(7)9-5-3-2-4-8(9)12/h2-5,7H,6,12H2,1H3,(H,13,15,16). The van der Waals surface area contributed by atoms with Crippen molar-refractivity contribution in [1.82, 2.24) is 5.32 Å². The van der Waals surface area contributed by atoms with Gasteiger partial charge in [0.2, 0.25) is 11.8 Å². The number of hydrogen-bond acceptors (Lipinski definition) is 4. The van der Waals surface area contributed by atoms with Crippen molar-refractivity contribution >= 4 is 23.2 Å². The molecule has 0 bridgehead atoms. The van der Waals surface area contributed by atoms with Crippen molar-refractivity contribution in [2.24, 2.45) is 0 Å². The molecule has 2 rings (SSSR count). The molecule has 0 spiro atoms. The molecule has 1 aromatic carbocycles. The fourth-order valence-corrected chi connectivity index (χ4v) is 1.76. The summed E-state index contributed by atoms with van der Waals surface area (Å²) in [7, 11) is 0. The average Bonchev–Trinajstić information content (AvgIpc) is 2.24. The molecule has 1 aliphatic rings. The van der Waals surface area contributed by atoms with Crippen LogP contribution < -0.4 is 16.0 Å². The van der Waals surface area contributed by atoms with Crippen molar-refractivity contribution < 1.29 is 9.59 Å². The van der Waals surface area contributed by atoms with Gasteiger partial charge in [-0.25, -0.2) is 0 Å². The van der Waals surface area contributed by atoms with E-state index in [1.807, 2.05) is 12.1 Å². The third-order valence-electron chi connectivity index (χ3n) is 2.67. The number of carbonyl (C=O) groups is 2. The largest absolute Gasteiger partial charge is 0.397 e. The van der Waals surface area contributed by atoms with Gasteiger partial charge >= 0.3 is 0 Å². The zero-order valence-electron chi connectivity index (χ0n) is 8.93. The van der Waals surface area contributed by atoms with E-state index in [1.165, 1.54) is 0 Å². The van der Waals surface area contributed by atoms with Gasteiger partial charge in [-0.2, -0.15) is 0 Å². The Bertz CT molecular complexity index is 445. The highest BCUT2D eigenvalue weighted by Crippen LogP contribution is 2.25. The molecule has 1 heterocycles. The maximum Gasteiger partial charge on any atom is 0.249 e. The van der Waals surface area contributed by atoms with Gasteiger partial charge in [0.05, 0.1) is 17.9 Å². The summed E-state index contributed by atoms with van der Waals surface area (Å²) in [5.41, 5.74) is 7.11. The van der Waals surface area contributed by atoms with E-state index in [1.54, 1.807) is 24.0 Å². The summed E-state index contributed by atoms with van der Waals surface area (Å²) in [6, 6.07) is 6.81. The predicted molar refractivity (Wildman–Crippen MR) is 60.8 cm³/mol. The second-order valence-corrected chi connectivity index (χ2v) is 3.78. The molecule has 0 radical (unpaired) electrons. The summed E-state index contributed by atoms with van der Waals surface area (Å²) in [6.45, 7) is 1.90. The monoisotopic (exact) mass is 219 g/mol. The van der Waals surface area contributed by atoms with Gasteiger partial charge in [0.25, 0.3) is 0 Å². The van der Waals surface area contributed by atoms with Crippen molar-refractivity contribution in [1.29, 1.82) is 0 Å². The molecule has 1 saturated heterocycles. The molecule has 3 N–H and O–H groups in total.